The molecule has 0 aliphatic carbocycles. The summed E-state index contributed by atoms with van der Waals surface area (Å²) in [6.45, 7) is 3.72. The van der Waals surface area contributed by atoms with E-state index in [2.05, 4.69) is 0 Å². The summed E-state index contributed by atoms with van der Waals surface area (Å²) in [6, 6.07) is 3.32. The van der Waals surface area contributed by atoms with Crippen molar-refractivity contribution in [3.63, 3.8) is 0 Å². The van der Waals surface area contributed by atoms with Crippen LogP contribution in [0.3, 0.4) is 0 Å². The minimum absolute atomic E-state index is 0.0868. The van der Waals surface area contributed by atoms with Gasteiger partial charge in [-0.25, -0.2) is 0 Å². The fraction of sp³-hybridized carbons (Fsp3) is 0.700. The normalized spacial score (nSPS) is 25.2. The zero-order valence-electron chi connectivity index (χ0n) is 15.9. The van der Waals surface area contributed by atoms with Crippen LogP contribution in [0.2, 0.25) is 0 Å². The molecule has 4 rings (SSSR count). The first kappa shape index (κ1) is 18.3. The minimum atomic E-state index is -0.0868. The van der Waals surface area contributed by atoms with Crippen molar-refractivity contribution >= 4 is 11.8 Å². The van der Waals surface area contributed by atoms with Crippen LogP contribution in [0.5, 0.6) is 5.95 Å². The minimum Gasteiger partial charge on any atom is -0.468 e. The molecular formula is C20H28N2O5. The van der Waals surface area contributed by atoms with Gasteiger partial charge in [0.2, 0.25) is 5.91 Å². The maximum Gasteiger partial charge on any atom is 0.289 e. The summed E-state index contributed by atoms with van der Waals surface area (Å²) < 4.78 is 16.1. The van der Waals surface area contributed by atoms with Gasteiger partial charge in [0.05, 0.1) is 13.2 Å². The van der Waals surface area contributed by atoms with Crippen molar-refractivity contribution in [2.45, 2.75) is 44.6 Å². The number of amides is 2. The van der Waals surface area contributed by atoms with Gasteiger partial charge in [-0.1, -0.05) is 0 Å². The molecule has 27 heavy (non-hydrogen) atoms. The van der Waals surface area contributed by atoms with Gasteiger partial charge in [-0.3, -0.25) is 9.59 Å². The molecule has 1 atom stereocenters. The molecule has 0 aromatic carbocycles. The van der Waals surface area contributed by atoms with Crippen LogP contribution in [-0.4, -0.2) is 67.6 Å². The van der Waals surface area contributed by atoms with Crippen molar-refractivity contribution in [2.75, 3.05) is 39.9 Å². The third kappa shape index (κ3) is 3.83. The lowest BCUT2D eigenvalue weighted by Crippen LogP contribution is -2.53. The van der Waals surface area contributed by atoms with Crippen LogP contribution in [0.1, 0.15) is 49.1 Å². The molecule has 4 heterocycles. The van der Waals surface area contributed by atoms with Crippen LogP contribution in [0, 0.1) is 5.41 Å². The second kappa shape index (κ2) is 7.54. The standard InChI is InChI=1S/C20H28N2O5/c1-25-18-5-4-16(27-18)19(24)21-10-8-20(9-11-21)7-6-17(23)22(14-20)13-15-3-2-12-26-15/h4-5,15H,2-3,6-14H2,1H3/t15-/m0/s1. The van der Waals surface area contributed by atoms with Gasteiger partial charge in [-0.2, -0.15) is 0 Å². The monoisotopic (exact) mass is 376 g/mol. The highest BCUT2D eigenvalue weighted by Crippen LogP contribution is 2.40. The van der Waals surface area contributed by atoms with E-state index in [9.17, 15) is 9.59 Å². The molecule has 0 unspecified atom stereocenters. The number of piperidine rings is 2. The summed E-state index contributed by atoms with van der Waals surface area (Å²) in [7, 11) is 1.52. The predicted octanol–water partition coefficient (Wildman–Crippen LogP) is 2.31. The van der Waals surface area contributed by atoms with E-state index in [1.54, 1.807) is 12.1 Å². The molecule has 0 saturated carbocycles. The number of hydrogen-bond acceptors (Lipinski definition) is 5. The van der Waals surface area contributed by atoms with Crippen LogP contribution in [0.4, 0.5) is 0 Å². The third-order valence-electron chi connectivity index (χ3n) is 6.30. The number of nitrogens with zero attached hydrogens (tertiary/aromatic N) is 2. The van der Waals surface area contributed by atoms with E-state index in [-0.39, 0.29) is 23.3 Å². The molecule has 7 nitrogen and oxygen atoms in total. The van der Waals surface area contributed by atoms with Crippen molar-refractivity contribution in [2.24, 2.45) is 5.41 Å². The van der Waals surface area contributed by atoms with E-state index >= 15 is 0 Å². The summed E-state index contributed by atoms with van der Waals surface area (Å²) >= 11 is 0. The number of furan rings is 1. The summed E-state index contributed by atoms with van der Waals surface area (Å²) in [5, 5.41) is 0. The zero-order chi connectivity index (χ0) is 18.9. The van der Waals surface area contributed by atoms with Crippen molar-refractivity contribution in [1.82, 2.24) is 9.80 Å². The lowest BCUT2D eigenvalue weighted by molar-refractivity contribution is -0.141. The maximum atomic E-state index is 12.6. The number of likely N-dealkylation sites (tertiary alicyclic amines) is 2. The molecule has 3 aliphatic rings. The smallest absolute Gasteiger partial charge is 0.289 e. The Morgan fingerprint density at radius 3 is 2.78 bits per heavy atom. The van der Waals surface area contributed by atoms with Gasteiger partial charge < -0.3 is 23.7 Å². The van der Waals surface area contributed by atoms with E-state index in [0.29, 0.717) is 31.2 Å². The van der Waals surface area contributed by atoms with Crippen LogP contribution >= 0.6 is 0 Å². The molecule has 3 aliphatic heterocycles. The lowest BCUT2D eigenvalue weighted by Gasteiger charge is -2.47. The highest BCUT2D eigenvalue weighted by Gasteiger charge is 2.42. The fourth-order valence-electron chi connectivity index (χ4n) is 4.60. The lowest BCUT2D eigenvalue weighted by atomic mass is 9.72. The largest absolute Gasteiger partial charge is 0.468 e. The number of hydrogen-bond donors (Lipinski definition) is 0. The molecular weight excluding hydrogens is 348 g/mol. The molecule has 0 bridgehead atoms. The van der Waals surface area contributed by atoms with Gasteiger partial charge in [0, 0.05) is 45.3 Å². The van der Waals surface area contributed by atoms with E-state index in [4.69, 9.17) is 13.9 Å². The zero-order valence-corrected chi connectivity index (χ0v) is 15.9. The molecule has 0 radical (unpaired) electrons. The Kier molecular flexibility index (Phi) is 5.12. The molecule has 3 fully saturated rings. The Bertz CT molecular complexity index is 686. The van der Waals surface area contributed by atoms with E-state index in [1.165, 1.54) is 7.11 Å². The quantitative estimate of drug-likeness (QED) is 0.806. The Morgan fingerprint density at radius 1 is 1.30 bits per heavy atom. The second-order valence-electron chi connectivity index (χ2n) is 8.02. The highest BCUT2D eigenvalue weighted by atomic mass is 16.6. The van der Waals surface area contributed by atoms with E-state index < -0.39 is 0 Å². The van der Waals surface area contributed by atoms with Gasteiger partial charge in [0.15, 0.2) is 5.76 Å². The van der Waals surface area contributed by atoms with Crippen LogP contribution in [-0.2, 0) is 9.53 Å². The van der Waals surface area contributed by atoms with E-state index in [0.717, 1.165) is 51.8 Å². The number of ether oxygens (including phenoxy) is 2. The van der Waals surface area contributed by atoms with Crippen LogP contribution in [0.25, 0.3) is 0 Å². The summed E-state index contributed by atoms with van der Waals surface area (Å²) in [6.07, 6.45) is 5.70. The van der Waals surface area contributed by atoms with Crippen LogP contribution in [0.15, 0.2) is 16.5 Å². The van der Waals surface area contributed by atoms with Gasteiger partial charge >= 0.3 is 0 Å². The van der Waals surface area contributed by atoms with Gasteiger partial charge in [0.1, 0.15) is 0 Å². The fourth-order valence-corrected chi connectivity index (χ4v) is 4.60. The molecule has 7 heteroatoms. The predicted molar refractivity (Wildman–Crippen MR) is 97.6 cm³/mol. The van der Waals surface area contributed by atoms with Crippen molar-refractivity contribution in [3.8, 4) is 5.95 Å². The first-order valence-electron chi connectivity index (χ1n) is 9.91. The highest BCUT2D eigenvalue weighted by molar-refractivity contribution is 5.91. The molecule has 0 N–H and O–H groups in total. The Morgan fingerprint density at radius 2 is 2.11 bits per heavy atom. The molecule has 148 valence electrons. The third-order valence-corrected chi connectivity index (χ3v) is 6.30. The number of carbonyl (C=O) groups excluding carboxylic acids is 2. The van der Waals surface area contributed by atoms with Gasteiger partial charge in [-0.15, -0.1) is 0 Å². The molecule has 1 aromatic heterocycles. The van der Waals surface area contributed by atoms with E-state index in [1.807, 2.05) is 9.80 Å². The molecule has 1 aromatic rings. The SMILES string of the molecule is COc1ccc(C(=O)N2CCC3(CCC(=O)N(C[C@@H]4CCCO4)C3)CC2)o1. The van der Waals surface area contributed by atoms with Gasteiger partial charge in [0.25, 0.3) is 11.9 Å². The number of rotatable bonds is 4. The van der Waals surface area contributed by atoms with Crippen molar-refractivity contribution in [1.29, 1.82) is 0 Å². The Hall–Kier alpha value is -2.02. The molecule has 3 saturated heterocycles. The molecule has 2 amide bonds. The maximum absolute atomic E-state index is 12.6. The number of methoxy groups -OCH3 is 1. The summed E-state index contributed by atoms with van der Waals surface area (Å²) in [5.74, 6) is 0.831. The van der Waals surface area contributed by atoms with Gasteiger partial charge in [-0.05, 0) is 43.6 Å². The Balaban J connectivity index is 1.35. The van der Waals surface area contributed by atoms with Crippen molar-refractivity contribution < 1.29 is 23.5 Å². The first-order valence-corrected chi connectivity index (χ1v) is 9.91. The van der Waals surface area contributed by atoms with Crippen LogP contribution < -0.4 is 4.74 Å². The average molecular weight is 376 g/mol. The summed E-state index contributed by atoms with van der Waals surface area (Å²) in [5.41, 5.74) is 0.129. The number of carbonyl (C=O) groups is 2. The molecule has 1 spiro atoms. The average Bonchev–Trinajstić information content (AvgIpc) is 3.37. The van der Waals surface area contributed by atoms with Crippen molar-refractivity contribution in [3.05, 3.63) is 17.9 Å². The topological polar surface area (TPSA) is 72.2 Å². The first-order chi connectivity index (χ1) is 13.1. The summed E-state index contributed by atoms with van der Waals surface area (Å²) in [4.78, 5) is 28.9. The second-order valence-corrected chi connectivity index (χ2v) is 8.02. The Labute approximate surface area is 159 Å².